The van der Waals surface area contributed by atoms with Crippen LogP contribution in [-0.4, -0.2) is 34.2 Å². The predicted molar refractivity (Wildman–Crippen MR) is 193 cm³/mol. The van der Waals surface area contributed by atoms with Crippen molar-refractivity contribution in [1.29, 1.82) is 10.5 Å². The number of allylic oxidation sites excluding steroid dienone is 2. The van der Waals surface area contributed by atoms with Gasteiger partial charge in [0.1, 0.15) is 0 Å². The molecule has 0 unspecified atom stereocenters. The summed E-state index contributed by atoms with van der Waals surface area (Å²) in [6.45, 7) is 2.72. The van der Waals surface area contributed by atoms with E-state index in [0.29, 0.717) is 22.3 Å². The van der Waals surface area contributed by atoms with Gasteiger partial charge in [0.05, 0.1) is 69.0 Å². The molecule has 0 saturated heterocycles. The number of aliphatic carboxylic acids is 2. The Labute approximate surface area is 325 Å². The fourth-order valence-electron chi connectivity index (χ4n) is 6.30. The van der Waals surface area contributed by atoms with Crippen molar-refractivity contribution in [1.82, 2.24) is 10.6 Å². The van der Waals surface area contributed by atoms with Gasteiger partial charge in [-0.3, -0.25) is 9.80 Å². The van der Waals surface area contributed by atoms with Crippen LogP contribution in [0.3, 0.4) is 0 Å². The van der Waals surface area contributed by atoms with E-state index in [1.54, 1.807) is 0 Å². The molecule has 2 heterocycles. The lowest BCUT2D eigenvalue weighted by Crippen LogP contribution is -2.48. The zero-order chi connectivity index (χ0) is 42.7. The number of urea groups is 2. The fraction of sp³-hybridized carbons (Fsp3) is 0.150. The Kier molecular flexibility index (Phi) is 11.6. The van der Waals surface area contributed by atoms with Crippen LogP contribution in [0.15, 0.2) is 120 Å². The largest absolute Gasteiger partial charge is 0.478 e. The molecule has 4 amide bonds. The van der Waals surface area contributed by atoms with Gasteiger partial charge in [-0.1, -0.05) is 36.4 Å². The molecule has 4 aromatic rings. The van der Waals surface area contributed by atoms with Gasteiger partial charge >= 0.3 is 36.4 Å². The first-order chi connectivity index (χ1) is 27.3. The Morgan fingerprint density at radius 2 is 0.931 bits per heavy atom. The molecule has 12 nitrogen and oxygen atoms in total. The number of nitrogens with zero attached hydrogens (tertiary/aromatic N) is 4. The van der Waals surface area contributed by atoms with Crippen molar-refractivity contribution in [2.75, 3.05) is 9.80 Å². The molecule has 6 rings (SSSR count). The molecule has 58 heavy (non-hydrogen) atoms. The topological polar surface area (TPSA) is 187 Å². The summed E-state index contributed by atoms with van der Waals surface area (Å²) in [5.41, 5.74) is -0.931. The highest BCUT2D eigenvalue weighted by Crippen LogP contribution is 2.38. The quantitative estimate of drug-likeness (QED) is 0.140. The van der Waals surface area contributed by atoms with E-state index in [1.807, 2.05) is 12.1 Å². The third kappa shape index (κ3) is 8.61. The molecule has 4 N–H and O–H groups in total. The van der Waals surface area contributed by atoms with E-state index in [4.69, 9.17) is 10.5 Å². The summed E-state index contributed by atoms with van der Waals surface area (Å²) in [5.74, 6) is -2.65. The summed E-state index contributed by atoms with van der Waals surface area (Å²) in [7, 11) is 0. The summed E-state index contributed by atoms with van der Waals surface area (Å²) >= 11 is 0. The van der Waals surface area contributed by atoms with Crippen LogP contribution in [0.25, 0.3) is 0 Å². The molecule has 0 spiro atoms. The second kappa shape index (κ2) is 16.2. The van der Waals surface area contributed by atoms with Gasteiger partial charge in [-0.05, 0) is 85.6 Å². The number of hydrogen-bond donors (Lipinski definition) is 4. The Hall–Kier alpha value is -7.60. The first-order valence-corrected chi connectivity index (χ1v) is 16.7. The van der Waals surface area contributed by atoms with Crippen LogP contribution in [-0.2, 0) is 21.9 Å². The maximum Gasteiger partial charge on any atom is 0.416 e. The highest BCUT2D eigenvalue weighted by Gasteiger charge is 2.39. The summed E-state index contributed by atoms with van der Waals surface area (Å²) in [4.78, 5) is 51.0. The maximum atomic E-state index is 13.0. The molecule has 0 aromatic heterocycles. The first kappa shape index (κ1) is 41.6. The third-order valence-electron chi connectivity index (χ3n) is 9.04. The van der Waals surface area contributed by atoms with Gasteiger partial charge in [-0.15, -0.1) is 0 Å². The number of rotatable bonds is 6. The second-order valence-electron chi connectivity index (χ2n) is 12.6. The molecule has 296 valence electrons. The van der Waals surface area contributed by atoms with Gasteiger partial charge in [-0.25, -0.2) is 19.2 Å². The van der Waals surface area contributed by atoms with Crippen LogP contribution >= 0.6 is 0 Å². The van der Waals surface area contributed by atoms with Crippen molar-refractivity contribution in [3.05, 3.63) is 153 Å². The number of anilines is 2. The zero-order valence-corrected chi connectivity index (χ0v) is 30.0. The SMILES string of the molecule is CC1=C(C(=O)O)[C@@H](c2ccc(C#N)cc2)NC(=O)N1c1cccc(C(F)(F)F)c1.CC1=C(C(=O)O)[C@H](c2ccc(C#N)cc2)NC(=O)N1c1cccc(C(F)(F)F)c1. The minimum absolute atomic E-state index is 0.00469. The Balaban J connectivity index is 0.000000221. The molecule has 18 heteroatoms. The number of nitriles is 2. The lowest BCUT2D eigenvalue weighted by atomic mass is 9.94. The van der Waals surface area contributed by atoms with E-state index >= 15 is 0 Å². The number of amides is 4. The van der Waals surface area contributed by atoms with Gasteiger partial charge in [0, 0.05) is 11.4 Å². The van der Waals surface area contributed by atoms with E-state index < -0.39 is 59.6 Å². The molecule has 0 radical (unpaired) electrons. The summed E-state index contributed by atoms with van der Waals surface area (Å²) < 4.78 is 78.2. The van der Waals surface area contributed by atoms with Crippen molar-refractivity contribution >= 4 is 35.4 Å². The third-order valence-corrected chi connectivity index (χ3v) is 9.04. The summed E-state index contributed by atoms with van der Waals surface area (Å²) in [6.07, 6.45) is -9.22. The van der Waals surface area contributed by atoms with Crippen LogP contribution in [0.4, 0.5) is 47.3 Å². The van der Waals surface area contributed by atoms with Gasteiger partial charge in [0.2, 0.25) is 0 Å². The highest BCUT2D eigenvalue weighted by atomic mass is 19.4. The molecule has 4 aromatic carbocycles. The van der Waals surface area contributed by atoms with E-state index in [0.717, 1.165) is 46.2 Å². The van der Waals surface area contributed by atoms with Crippen molar-refractivity contribution in [3.8, 4) is 12.1 Å². The van der Waals surface area contributed by atoms with Crippen molar-refractivity contribution < 1.29 is 55.7 Å². The minimum Gasteiger partial charge on any atom is -0.478 e. The number of alkyl halides is 6. The number of carbonyl (C=O) groups is 4. The van der Waals surface area contributed by atoms with Crippen LogP contribution < -0.4 is 20.4 Å². The number of nitrogens with one attached hydrogen (secondary N) is 2. The van der Waals surface area contributed by atoms with Crippen LogP contribution in [0.1, 0.15) is 59.3 Å². The van der Waals surface area contributed by atoms with Gasteiger partial charge < -0.3 is 20.8 Å². The van der Waals surface area contributed by atoms with Crippen molar-refractivity contribution in [2.24, 2.45) is 0 Å². The normalized spacial score (nSPS) is 17.0. The number of benzene rings is 4. The molecule has 2 aliphatic rings. The fourth-order valence-corrected chi connectivity index (χ4v) is 6.30. The Morgan fingerprint density at radius 3 is 1.21 bits per heavy atom. The van der Waals surface area contributed by atoms with Gasteiger partial charge in [0.15, 0.2) is 0 Å². The Bertz CT molecular complexity index is 2280. The molecular formula is C40H28F6N6O6. The average molecular weight is 803 g/mol. The molecule has 2 aliphatic heterocycles. The van der Waals surface area contributed by atoms with Crippen LogP contribution in [0.5, 0.6) is 0 Å². The molecule has 2 atom stereocenters. The Morgan fingerprint density at radius 1 is 0.603 bits per heavy atom. The monoisotopic (exact) mass is 802 g/mol. The van der Waals surface area contributed by atoms with E-state index in [2.05, 4.69) is 10.6 Å². The van der Waals surface area contributed by atoms with E-state index in [-0.39, 0.29) is 33.9 Å². The number of halogens is 6. The molecule has 0 bridgehead atoms. The second-order valence-corrected chi connectivity index (χ2v) is 12.6. The lowest BCUT2D eigenvalue weighted by Gasteiger charge is -2.35. The average Bonchev–Trinajstić information content (AvgIpc) is 3.17. The summed E-state index contributed by atoms with van der Waals surface area (Å²) in [5, 5.41) is 42.2. The number of carbonyl (C=O) groups excluding carboxylic acids is 2. The standard InChI is InChI=1S/2C20H14F3N3O3/c2*1-11-16(18(27)28)17(13-7-5-12(10-24)6-8-13)25-19(29)26(11)15-4-2-3-14(9-15)20(21,22)23/h2*2-9,17H,1H3,(H,25,29)(H,27,28)/t2*17-/m10/s1. The number of carboxylic acids is 2. The number of carboxylic acid groups (broad SMARTS) is 2. The van der Waals surface area contributed by atoms with Gasteiger partial charge in [0.25, 0.3) is 0 Å². The maximum absolute atomic E-state index is 13.0. The zero-order valence-electron chi connectivity index (χ0n) is 30.0. The van der Waals surface area contributed by atoms with Crippen molar-refractivity contribution in [3.63, 3.8) is 0 Å². The van der Waals surface area contributed by atoms with Crippen LogP contribution in [0, 0.1) is 22.7 Å². The minimum atomic E-state index is -4.61. The predicted octanol–water partition coefficient (Wildman–Crippen LogP) is 8.41. The highest BCUT2D eigenvalue weighted by molar-refractivity contribution is 6.03. The molecular weight excluding hydrogens is 774 g/mol. The molecule has 0 aliphatic carbocycles. The van der Waals surface area contributed by atoms with E-state index in [9.17, 15) is 55.7 Å². The van der Waals surface area contributed by atoms with Crippen LogP contribution in [0.2, 0.25) is 0 Å². The lowest BCUT2D eigenvalue weighted by molar-refractivity contribution is -0.138. The van der Waals surface area contributed by atoms with Gasteiger partial charge in [-0.2, -0.15) is 36.9 Å². The van der Waals surface area contributed by atoms with E-state index in [1.165, 1.54) is 74.5 Å². The molecule has 0 fully saturated rings. The molecule has 0 saturated carbocycles. The first-order valence-electron chi connectivity index (χ1n) is 16.7. The smallest absolute Gasteiger partial charge is 0.416 e. The number of hydrogen-bond acceptors (Lipinski definition) is 6. The van der Waals surface area contributed by atoms with Crippen molar-refractivity contribution in [2.45, 2.75) is 38.3 Å². The summed E-state index contributed by atoms with van der Waals surface area (Å²) in [6, 6.07) is 20.5.